The number of halogens is 2. The van der Waals surface area contributed by atoms with Crippen LogP contribution in [-0.4, -0.2) is 16.8 Å². The normalized spacial score (nSPS) is 17.7. The highest BCUT2D eigenvalue weighted by molar-refractivity contribution is 9.09. The van der Waals surface area contributed by atoms with Crippen molar-refractivity contribution in [2.45, 2.75) is 38.1 Å². The lowest BCUT2D eigenvalue weighted by Gasteiger charge is -2.28. The van der Waals surface area contributed by atoms with Crippen molar-refractivity contribution in [3.8, 4) is 0 Å². The topological polar surface area (TPSA) is 29.1 Å². The van der Waals surface area contributed by atoms with Crippen molar-refractivity contribution in [3.05, 3.63) is 34.3 Å². The summed E-state index contributed by atoms with van der Waals surface area (Å²) in [6.07, 6.45) is 4.45. The van der Waals surface area contributed by atoms with E-state index in [1.54, 1.807) is 6.07 Å². The molecule has 1 N–H and O–H groups in total. The molecule has 0 radical (unpaired) electrons. The van der Waals surface area contributed by atoms with E-state index in [-0.39, 0.29) is 11.4 Å². The maximum absolute atomic E-state index is 12.3. The van der Waals surface area contributed by atoms with Gasteiger partial charge in [-0.05, 0) is 43.5 Å². The molecule has 1 saturated carbocycles. The molecule has 1 fully saturated rings. The molecule has 2 nitrogen and oxygen atoms in total. The van der Waals surface area contributed by atoms with E-state index in [2.05, 4.69) is 21.2 Å². The maximum atomic E-state index is 12.3. The van der Waals surface area contributed by atoms with Gasteiger partial charge in [0.15, 0.2) is 0 Å². The van der Waals surface area contributed by atoms with Crippen LogP contribution in [0.1, 0.15) is 41.6 Å². The molecule has 18 heavy (non-hydrogen) atoms. The molecular weight excluding hydrogens is 314 g/mol. The monoisotopic (exact) mass is 329 g/mol. The van der Waals surface area contributed by atoms with Crippen LogP contribution < -0.4 is 5.32 Å². The molecule has 0 aromatic heterocycles. The van der Waals surface area contributed by atoms with Crippen molar-refractivity contribution in [1.29, 1.82) is 0 Å². The molecule has 0 aliphatic heterocycles. The van der Waals surface area contributed by atoms with Crippen molar-refractivity contribution >= 4 is 33.4 Å². The largest absolute Gasteiger partial charge is 0.346 e. The molecule has 2 rings (SSSR count). The van der Waals surface area contributed by atoms with Crippen molar-refractivity contribution in [2.24, 2.45) is 0 Å². The highest BCUT2D eigenvalue weighted by Gasteiger charge is 2.34. The van der Waals surface area contributed by atoms with Gasteiger partial charge in [0.2, 0.25) is 0 Å². The van der Waals surface area contributed by atoms with Crippen molar-refractivity contribution in [3.63, 3.8) is 0 Å². The molecule has 4 heteroatoms. The Morgan fingerprint density at radius 2 is 2.06 bits per heavy atom. The predicted molar refractivity (Wildman–Crippen MR) is 78.6 cm³/mol. The van der Waals surface area contributed by atoms with E-state index in [1.165, 1.54) is 12.8 Å². The summed E-state index contributed by atoms with van der Waals surface area (Å²) in [5.41, 5.74) is 1.58. The third-order valence-electron chi connectivity index (χ3n) is 3.50. The Balaban J connectivity index is 2.16. The SMILES string of the molecule is Cc1cc(Cl)cc(C(=O)NC2(CBr)CCCC2)c1. The van der Waals surface area contributed by atoms with Gasteiger partial charge in [0.25, 0.3) is 5.91 Å². The highest BCUT2D eigenvalue weighted by atomic mass is 79.9. The minimum atomic E-state index is -0.0761. The van der Waals surface area contributed by atoms with Crippen LogP contribution in [0.5, 0.6) is 0 Å². The molecule has 98 valence electrons. The number of carbonyl (C=O) groups is 1. The van der Waals surface area contributed by atoms with Gasteiger partial charge in [-0.1, -0.05) is 40.4 Å². The summed E-state index contributed by atoms with van der Waals surface area (Å²) in [6.45, 7) is 1.94. The number of rotatable bonds is 3. The Morgan fingerprint density at radius 3 is 2.61 bits per heavy atom. The number of benzene rings is 1. The summed E-state index contributed by atoms with van der Waals surface area (Å²) in [7, 11) is 0. The minimum absolute atomic E-state index is 0.0260. The summed E-state index contributed by atoms with van der Waals surface area (Å²) in [5, 5.41) is 4.59. The zero-order valence-electron chi connectivity index (χ0n) is 10.4. The highest BCUT2D eigenvalue weighted by Crippen LogP contribution is 2.31. The minimum Gasteiger partial charge on any atom is -0.346 e. The van der Waals surface area contributed by atoms with Crippen molar-refractivity contribution in [2.75, 3.05) is 5.33 Å². The Kier molecular flexibility index (Phi) is 4.33. The summed E-state index contributed by atoms with van der Waals surface area (Å²) in [6, 6.07) is 5.45. The van der Waals surface area contributed by atoms with Gasteiger partial charge in [-0.3, -0.25) is 4.79 Å². The molecule has 0 unspecified atom stereocenters. The van der Waals surface area contributed by atoms with Crippen LogP contribution in [0, 0.1) is 6.92 Å². The Morgan fingerprint density at radius 1 is 1.39 bits per heavy atom. The standard InChI is InChI=1S/C14H17BrClNO/c1-10-6-11(8-12(16)7-10)13(18)17-14(9-15)4-2-3-5-14/h6-8H,2-5,9H2,1H3,(H,17,18). The molecule has 1 aliphatic rings. The van der Waals surface area contributed by atoms with Gasteiger partial charge in [-0.2, -0.15) is 0 Å². The van der Waals surface area contributed by atoms with E-state index in [9.17, 15) is 4.79 Å². The average molecular weight is 331 g/mol. The van der Waals surface area contributed by atoms with E-state index in [0.29, 0.717) is 10.6 Å². The first-order chi connectivity index (χ1) is 8.54. The summed E-state index contributed by atoms with van der Waals surface area (Å²) in [4.78, 5) is 12.3. The molecule has 1 amide bonds. The van der Waals surface area contributed by atoms with Gasteiger partial charge in [0.05, 0.1) is 5.54 Å². The molecule has 0 spiro atoms. The molecule has 0 heterocycles. The predicted octanol–water partition coefficient (Wildman–Crippen LogP) is 4.09. The smallest absolute Gasteiger partial charge is 0.251 e. The fourth-order valence-corrected chi connectivity index (χ4v) is 3.51. The van der Waals surface area contributed by atoms with Gasteiger partial charge < -0.3 is 5.32 Å². The number of nitrogens with one attached hydrogen (secondary N) is 1. The van der Waals surface area contributed by atoms with Crippen LogP contribution in [0.4, 0.5) is 0 Å². The lowest BCUT2D eigenvalue weighted by atomic mass is 9.99. The number of amides is 1. The second-order valence-electron chi connectivity index (χ2n) is 5.09. The van der Waals surface area contributed by atoms with Crippen LogP contribution in [0.15, 0.2) is 18.2 Å². The zero-order valence-corrected chi connectivity index (χ0v) is 12.8. The second-order valence-corrected chi connectivity index (χ2v) is 6.09. The summed E-state index contributed by atoms with van der Waals surface area (Å²) in [5.74, 6) is -0.0260. The van der Waals surface area contributed by atoms with Gasteiger partial charge >= 0.3 is 0 Å². The molecule has 1 aliphatic carbocycles. The number of aryl methyl sites for hydroxylation is 1. The van der Waals surface area contributed by atoms with Gasteiger partial charge in [0.1, 0.15) is 0 Å². The van der Waals surface area contributed by atoms with E-state index in [0.717, 1.165) is 23.7 Å². The quantitative estimate of drug-likeness (QED) is 0.831. The first kappa shape index (κ1) is 13.9. The molecule has 0 atom stereocenters. The van der Waals surface area contributed by atoms with Crippen LogP contribution >= 0.6 is 27.5 Å². The second kappa shape index (κ2) is 5.62. The Labute approximate surface area is 121 Å². The van der Waals surface area contributed by atoms with Gasteiger partial charge in [-0.25, -0.2) is 0 Å². The lowest BCUT2D eigenvalue weighted by molar-refractivity contribution is 0.0910. The number of carbonyl (C=O) groups excluding carboxylic acids is 1. The van der Waals surface area contributed by atoms with Crippen molar-refractivity contribution < 1.29 is 4.79 Å². The van der Waals surface area contributed by atoms with Crippen LogP contribution in [0.25, 0.3) is 0 Å². The third kappa shape index (κ3) is 3.07. The molecule has 0 bridgehead atoms. The van der Waals surface area contributed by atoms with Gasteiger partial charge in [0, 0.05) is 15.9 Å². The van der Waals surface area contributed by atoms with Crippen LogP contribution in [0.2, 0.25) is 5.02 Å². The molecule has 0 saturated heterocycles. The molecule has 1 aromatic rings. The molecular formula is C14H17BrClNO. The summed E-state index contributed by atoms with van der Waals surface area (Å²) >= 11 is 9.51. The fraction of sp³-hybridized carbons (Fsp3) is 0.500. The lowest BCUT2D eigenvalue weighted by Crippen LogP contribution is -2.47. The van der Waals surface area contributed by atoms with Crippen LogP contribution in [0.3, 0.4) is 0 Å². The van der Waals surface area contributed by atoms with E-state index in [4.69, 9.17) is 11.6 Å². The van der Waals surface area contributed by atoms with Crippen LogP contribution in [-0.2, 0) is 0 Å². The maximum Gasteiger partial charge on any atom is 0.251 e. The fourth-order valence-electron chi connectivity index (χ4n) is 2.52. The first-order valence-corrected chi connectivity index (χ1v) is 7.70. The average Bonchev–Trinajstić information content (AvgIpc) is 2.77. The van der Waals surface area contributed by atoms with E-state index >= 15 is 0 Å². The third-order valence-corrected chi connectivity index (χ3v) is 4.79. The number of hydrogen-bond donors (Lipinski definition) is 1. The first-order valence-electron chi connectivity index (χ1n) is 6.20. The Hall–Kier alpha value is -0.540. The molecule has 1 aromatic carbocycles. The number of hydrogen-bond acceptors (Lipinski definition) is 1. The van der Waals surface area contributed by atoms with E-state index < -0.39 is 0 Å². The van der Waals surface area contributed by atoms with Crippen molar-refractivity contribution in [1.82, 2.24) is 5.32 Å². The summed E-state index contributed by atoms with van der Waals surface area (Å²) < 4.78 is 0. The Bertz CT molecular complexity index is 435. The van der Waals surface area contributed by atoms with E-state index in [1.807, 2.05) is 19.1 Å². The number of alkyl halides is 1. The zero-order chi connectivity index (χ0) is 13.2. The van der Waals surface area contributed by atoms with Gasteiger partial charge in [-0.15, -0.1) is 0 Å².